The van der Waals surface area contributed by atoms with Gasteiger partial charge in [-0.05, 0) is 47.4 Å². The van der Waals surface area contributed by atoms with Gasteiger partial charge in [0.15, 0.2) is 0 Å². The van der Waals surface area contributed by atoms with Crippen LogP contribution < -0.4 is 5.32 Å². The van der Waals surface area contributed by atoms with Gasteiger partial charge in [-0.1, -0.05) is 49.2 Å². The van der Waals surface area contributed by atoms with Crippen molar-refractivity contribution < 1.29 is 4.79 Å². The third kappa shape index (κ3) is 2.86. The average Bonchev–Trinajstić information content (AvgIpc) is 3.01. The number of rotatable bonds is 3. The van der Waals surface area contributed by atoms with Gasteiger partial charge in [0.25, 0.3) is 5.91 Å². The SMILES string of the molecule is CC1(C)C(NC(=O)c2ccc(Cl)cc2)C1c1ccc(Cl)cc1. The number of halogens is 2. The van der Waals surface area contributed by atoms with Crippen molar-refractivity contribution in [3.63, 3.8) is 0 Å². The molecule has 4 heteroatoms. The molecule has 114 valence electrons. The molecule has 1 aliphatic rings. The summed E-state index contributed by atoms with van der Waals surface area (Å²) in [5.74, 6) is 0.243. The van der Waals surface area contributed by atoms with E-state index in [0.717, 1.165) is 5.02 Å². The van der Waals surface area contributed by atoms with Crippen molar-refractivity contribution in [2.45, 2.75) is 25.8 Å². The van der Waals surface area contributed by atoms with Crippen LogP contribution in [0.15, 0.2) is 48.5 Å². The number of amides is 1. The van der Waals surface area contributed by atoms with Crippen LogP contribution in [0.5, 0.6) is 0 Å². The Labute approximate surface area is 140 Å². The van der Waals surface area contributed by atoms with Gasteiger partial charge in [-0.2, -0.15) is 0 Å². The minimum absolute atomic E-state index is 0.0376. The molecular weight excluding hydrogens is 317 g/mol. The average molecular weight is 334 g/mol. The molecule has 1 amide bonds. The number of hydrogen-bond donors (Lipinski definition) is 1. The number of carbonyl (C=O) groups excluding carboxylic acids is 1. The molecule has 1 N–H and O–H groups in total. The molecule has 0 aliphatic heterocycles. The molecular formula is C18H17Cl2NO. The first kappa shape index (κ1) is 15.4. The van der Waals surface area contributed by atoms with Crippen molar-refractivity contribution in [1.29, 1.82) is 0 Å². The van der Waals surface area contributed by atoms with E-state index in [1.165, 1.54) is 5.56 Å². The maximum atomic E-state index is 12.3. The predicted molar refractivity (Wildman–Crippen MR) is 90.7 cm³/mol. The highest BCUT2D eigenvalue weighted by Crippen LogP contribution is 2.58. The van der Waals surface area contributed by atoms with Crippen LogP contribution in [0.3, 0.4) is 0 Å². The minimum atomic E-state index is -0.0637. The van der Waals surface area contributed by atoms with E-state index in [4.69, 9.17) is 23.2 Å². The van der Waals surface area contributed by atoms with Crippen LogP contribution in [0.25, 0.3) is 0 Å². The van der Waals surface area contributed by atoms with Crippen molar-refractivity contribution in [1.82, 2.24) is 5.32 Å². The normalized spacial score (nSPS) is 22.2. The topological polar surface area (TPSA) is 29.1 Å². The van der Waals surface area contributed by atoms with Crippen LogP contribution in [-0.4, -0.2) is 11.9 Å². The van der Waals surface area contributed by atoms with E-state index < -0.39 is 0 Å². The zero-order valence-corrected chi connectivity index (χ0v) is 13.9. The Bertz CT molecular complexity index is 692. The standard InChI is InChI=1S/C18H17Cl2NO/c1-18(2)15(11-3-7-13(19)8-4-11)16(18)21-17(22)12-5-9-14(20)10-6-12/h3-10,15-16H,1-2H3,(H,21,22). The summed E-state index contributed by atoms with van der Waals surface area (Å²) in [5.41, 5.74) is 1.87. The van der Waals surface area contributed by atoms with E-state index in [-0.39, 0.29) is 17.4 Å². The van der Waals surface area contributed by atoms with Crippen LogP contribution >= 0.6 is 23.2 Å². The Morgan fingerprint density at radius 2 is 1.45 bits per heavy atom. The molecule has 0 aromatic heterocycles. The van der Waals surface area contributed by atoms with Crippen LogP contribution in [0.1, 0.15) is 35.7 Å². The number of carbonyl (C=O) groups is 1. The fourth-order valence-electron chi connectivity index (χ4n) is 3.03. The lowest BCUT2D eigenvalue weighted by Crippen LogP contribution is -2.28. The maximum absolute atomic E-state index is 12.3. The molecule has 2 aromatic carbocycles. The molecule has 0 saturated heterocycles. The molecule has 0 radical (unpaired) electrons. The maximum Gasteiger partial charge on any atom is 0.251 e. The summed E-state index contributed by atoms with van der Waals surface area (Å²) in [6, 6.07) is 14.9. The molecule has 22 heavy (non-hydrogen) atoms. The fraction of sp³-hybridized carbons (Fsp3) is 0.278. The molecule has 0 heterocycles. The second-order valence-electron chi connectivity index (χ2n) is 6.31. The molecule has 2 aromatic rings. The molecule has 0 spiro atoms. The molecule has 1 aliphatic carbocycles. The highest BCUT2D eigenvalue weighted by atomic mass is 35.5. The zero-order valence-electron chi connectivity index (χ0n) is 12.4. The lowest BCUT2D eigenvalue weighted by Gasteiger charge is -2.06. The van der Waals surface area contributed by atoms with Crippen molar-refractivity contribution >= 4 is 29.1 Å². The zero-order chi connectivity index (χ0) is 15.9. The number of hydrogen-bond acceptors (Lipinski definition) is 1. The largest absolute Gasteiger partial charge is 0.348 e. The van der Waals surface area contributed by atoms with Crippen molar-refractivity contribution in [2.24, 2.45) is 5.41 Å². The minimum Gasteiger partial charge on any atom is -0.348 e. The second kappa shape index (κ2) is 5.60. The molecule has 2 atom stereocenters. The molecule has 1 saturated carbocycles. The van der Waals surface area contributed by atoms with E-state index in [0.29, 0.717) is 16.5 Å². The summed E-state index contributed by atoms with van der Waals surface area (Å²) in [6.07, 6.45) is 0. The lowest BCUT2D eigenvalue weighted by molar-refractivity contribution is 0.0946. The third-order valence-corrected chi connectivity index (χ3v) is 4.95. The fourth-order valence-corrected chi connectivity index (χ4v) is 3.28. The van der Waals surface area contributed by atoms with Gasteiger partial charge in [-0.25, -0.2) is 0 Å². The highest BCUT2D eigenvalue weighted by Gasteiger charge is 2.59. The Morgan fingerprint density at radius 3 is 2.00 bits per heavy atom. The van der Waals surface area contributed by atoms with Crippen LogP contribution in [-0.2, 0) is 0 Å². The van der Waals surface area contributed by atoms with E-state index >= 15 is 0 Å². The Balaban J connectivity index is 1.74. The van der Waals surface area contributed by atoms with Gasteiger partial charge >= 0.3 is 0 Å². The Morgan fingerprint density at radius 1 is 0.955 bits per heavy atom. The first-order valence-electron chi connectivity index (χ1n) is 7.21. The first-order valence-corrected chi connectivity index (χ1v) is 7.97. The van der Waals surface area contributed by atoms with E-state index in [9.17, 15) is 4.79 Å². The molecule has 1 fully saturated rings. The summed E-state index contributed by atoms with van der Waals surface area (Å²) in [5, 5.41) is 4.48. The van der Waals surface area contributed by atoms with Gasteiger partial charge < -0.3 is 5.32 Å². The van der Waals surface area contributed by atoms with Crippen molar-refractivity contribution in [2.75, 3.05) is 0 Å². The van der Waals surface area contributed by atoms with Gasteiger partial charge in [0.1, 0.15) is 0 Å². The highest BCUT2D eigenvalue weighted by molar-refractivity contribution is 6.30. The van der Waals surface area contributed by atoms with Gasteiger partial charge in [0.05, 0.1) is 0 Å². The Kier molecular flexibility index (Phi) is 3.92. The summed E-state index contributed by atoms with van der Waals surface area (Å²) in [6.45, 7) is 4.33. The van der Waals surface area contributed by atoms with E-state index in [1.54, 1.807) is 24.3 Å². The van der Waals surface area contributed by atoms with Crippen molar-refractivity contribution in [3.05, 3.63) is 69.7 Å². The van der Waals surface area contributed by atoms with E-state index in [2.05, 4.69) is 19.2 Å². The lowest BCUT2D eigenvalue weighted by atomic mass is 10.0. The van der Waals surface area contributed by atoms with Crippen molar-refractivity contribution in [3.8, 4) is 0 Å². The molecule has 2 nitrogen and oxygen atoms in total. The van der Waals surface area contributed by atoms with E-state index in [1.807, 2.05) is 24.3 Å². The van der Waals surface area contributed by atoms with Crippen LogP contribution in [0.4, 0.5) is 0 Å². The summed E-state index contributed by atoms with van der Waals surface area (Å²) < 4.78 is 0. The smallest absolute Gasteiger partial charge is 0.251 e. The first-order chi connectivity index (χ1) is 10.4. The summed E-state index contributed by atoms with van der Waals surface area (Å²) >= 11 is 11.8. The number of nitrogens with one attached hydrogen (secondary N) is 1. The van der Waals surface area contributed by atoms with Gasteiger partial charge in [0, 0.05) is 27.6 Å². The van der Waals surface area contributed by atoms with Gasteiger partial charge in [-0.15, -0.1) is 0 Å². The van der Waals surface area contributed by atoms with Gasteiger partial charge in [0.2, 0.25) is 0 Å². The third-order valence-electron chi connectivity index (χ3n) is 4.45. The molecule has 0 bridgehead atoms. The number of benzene rings is 2. The second-order valence-corrected chi connectivity index (χ2v) is 7.18. The Hall–Kier alpha value is -1.51. The predicted octanol–water partition coefficient (Wildman–Crippen LogP) is 4.92. The summed E-state index contributed by atoms with van der Waals surface area (Å²) in [7, 11) is 0. The molecule has 2 unspecified atom stereocenters. The quantitative estimate of drug-likeness (QED) is 0.848. The molecule has 3 rings (SSSR count). The van der Waals surface area contributed by atoms with Crippen LogP contribution in [0, 0.1) is 5.41 Å². The summed E-state index contributed by atoms with van der Waals surface area (Å²) in [4.78, 5) is 12.3. The van der Waals surface area contributed by atoms with Gasteiger partial charge in [-0.3, -0.25) is 4.79 Å². The monoisotopic (exact) mass is 333 g/mol. The van der Waals surface area contributed by atoms with Crippen LogP contribution in [0.2, 0.25) is 10.0 Å².